The minimum absolute atomic E-state index is 0.0795. The maximum Gasteiger partial charge on any atom is 0.308 e. The first kappa shape index (κ1) is 19.5. The highest BCUT2D eigenvalue weighted by atomic mass is 32.2. The molecule has 0 unspecified atom stereocenters. The van der Waals surface area contributed by atoms with E-state index in [1.54, 1.807) is 0 Å². The first-order valence-electron chi connectivity index (χ1n) is 9.54. The number of carbonyl (C=O) groups is 1. The molecule has 1 fully saturated rings. The number of carbonyl (C=O) groups excluding carboxylic acids is 1. The summed E-state index contributed by atoms with van der Waals surface area (Å²) in [5.41, 5.74) is 2.58. The molecule has 0 amide bonds. The monoisotopic (exact) mass is 374 g/mol. The van der Waals surface area contributed by atoms with E-state index in [0.29, 0.717) is 11.2 Å². The first-order chi connectivity index (χ1) is 12.4. The number of aliphatic hydroxyl groups excluding tert-OH is 1. The number of thioether (sulfide) groups is 1. The molecule has 4 heteroatoms. The fourth-order valence-electron chi connectivity index (χ4n) is 4.69. The third-order valence-electron chi connectivity index (χ3n) is 6.62. The van der Waals surface area contributed by atoms with Gasteiger partial charge in [-0.05, 0) is 56.2 Å². The number of ether oxygens (including phenoxy) is 1. The van der Waals surface area contributed by atoms with Crippen LogP contribution in [0.3, 0.4) is 0 Å². The number of benzene rings is 1. The van der Waals surface area contributed by atoms with Crippen LogP contribution >= 0.6 is 11.8 Å². The quantitative estimate of drug-likeness (QED) is 0.605. The maximum absolute atomic E-state index is 12.0. The number of hydrogen-bond acceptors (Lipinski definition) is 4. The predicted octanol–water partition coefficient (Wildman–Crippen LogP) is 4.84. The molecule has 3 rings (SSSR count). The van der Waals surface area contributed by atoms with E-state index < -0.39 is 0 Å². The molecule has 0 radical (unpaired) electrons. The van der Waals surface area contributed by atoms with E-state index in [1.165, 1.54) is 17.6 Å². The summed E-state index contributed by atoms with van der Waals surface area (Å²) in [5.74, 6) is 0.0840. The second-order valence-corrected chi connectivity index (χ2v) is 9.34. The highest BCUT2D eigenvalue weighted by Gasteiger charge is 2.48. The lowest BCUT2D eigenvalue weighted by Gasteiger charge is -2.50. The summed E-state index contributed by atoms with van der Waals surface area (Å²) in [4.78, 5) is 13.3. The molecule has 0 bridgehead atoms. The fraction of sp³-hybridized carbons (Fsp3) is 0.591. The van der Waals surface area contributed by atoms with Crippen LogP contribution in [-0.4, -0.2) is 29.5 Å². The van der Waals surface area contributed by atoms with Gasteiger partial charge >= 0.3 is 5.97 Å². The highest BCUT2D eigenvalue weighted by Crippen LogP contribution is 2.56. The van der Waals surface area contributed by atoms with Gasteiger partial charge < -0.3 is 9.84 Å². The van der Waals surface area contributed by atoms with Crippen molar-refractivity contribution in [3.05, 3.63) is 41.5 Å². The Morgan fingerprint density at radius 3 is 2.69 bits per heavy atom. The molecule has 142 valence electrons. The Morgan fingerprint density at radius 1 is 1.35 bits per heavy atom. The van der Waals surface area contributed by atoms with Crippen molar-refractivity contribution in [1.82, 2.24) is 0 Å². The van der Waals surface area contributed by atoms with Crippen LogP contribution in [0.2, 0.25) is 0 Å². The molecule has 1 aromatic carbocycles. The van der Waals surface area contributed by atoms with E-state index in [0.717, 1.165) is 31.3 Å². The lowest BCUT2D eigenvalue weighted by Crippen LogP contribution is -2.45. The zero-order chi connectivity index (χ0) is 18.9. The summed E-state index contributed by atoms with van der Waals surface area (Å²) in [7, 11) is 1.47. The van der Waals surface area contributed by atoms with Gasteiger partial charge in [0.1, 0.15) is 0 Å². The van der Waals surface area contributed by atoms with Crippen molar-refractivity contribution >= 4 is 17.7 Å². The third-order valence-corrected chi connectivity index (χ3v) is 8.16. The van der Waals surface area contributed by atoms with Gasteiger partial charge in [0.2, 0.25) is 0 Å². The topological polar surface area (TPSA) is 46.5 Å². The van der Waals surface area contributed by atoms with E-state index in [9.17, 15) is 9.90 Å². The molecule has 1 saturated carbocycles. The van der Waals surface area contributed by atoms with Crippen molar-refractivity contribution in [3.8, 4) is 0 Å². The van der Waals surface area contributed by atoms with Gasteiger partial charge in [0.15, 0.2) is 0 Å². The molecular formula is C22H30O3S. The van der Waals surface area contributed by atoms with Crippen LogP contribution in [0.5, 0.6) is 0 Å². The normalized spacial score (nSPS) is 32.7. The molecule has 2 aliphatic carbocycles. The summed E-state index contributed by atoms with van der Waals surface area (Å²) < 4.78 is 4.97. The Balaban J connectivity index is 1.86. The van der Waals surface area contributed by atoms with Crippen LogP contribution in [0, 0.1) is 17.3 Å². The second kappa shape index (κ2) is 7.77. The molecule has 1 aromatic rings. The standard InChI is InChI=1S/C22H30O3S/c1-14(21(24)25-4)16-10-11-22(3)18(12-16)15(2)19(23)13-20(22)26-17-8-6-5-7-9-17/h5-9,14,16,19-20,23H,10-13H2,1-4H3/t14-,16+,19-,20+,22+/m0/s1. The van der Waals surface area contributed by atoms with Gasteiger partial charge in [-0.25, -0.2) is 0 Å². The summed E-state index contributed by atoms with van der Waals surface area (Å²) in [6.07, 6.45) is 3.39. The van der Waals surface area contributed by atoms with Gasteiger partial charge in [0.05, 0.1) is 19.1 Å². The Morgan fingerprint density at radius 2 is 2.04 bits per heavy atom. The molecule has 26 heavy (non-hydrogen) atoms. The minimum atomic E-state index is -0.383. The van der Waals surface area contributed by atoms with E-state index in [2.05, 4.69) is 38.1 Å². The molecule has 3 nitrogen and oxygen atoms in total. The number of methoxy groups -OCH3 is 1. The van der Waals surface area contributed by atoms with Crippen molar-refractivity contribution in [2.45, 2.75) is 62.7 Å². The Hall–Kier alpha value is -1.26. The van der Waals surface area contributed by atoms with Crippen LogP contribution in [-0.2, 0) is 9.53 Å². The number of fused-ring (bicyclic) bond motifs is 1. The van der Waals surface area contributed by atoms with Crippen molar-refractivity contribution in [2.75, 3.05) is 7.11 Å². The van der Waals surface area contributed by atoms with E-state index in [-0.39, 0.29) is 23.4 Å². The van der Waals surface area contributed by atoms with Crippen LogP contribution in [0.1, 0.15) is 46.5 Å². The van der Waals surface area contributed by atoms with Crippen molar-refractivity contribution in [2.24, 2.45) is 17.3 Å². The van der Waals surface area contributed by atoms with Crippen molar-refractivity contribution < 1.29 is 14.6 Å². The van der Waals surface area contributed by atoms with E-state index >= 15 is 0 Å². The molecule has 2 aliphatic rings. The Bertz CT molecular complexity index is 684. The smallest absolute Gasteiger partial charge is 0.308 e. The zero-order valence-corrected chi connectivity index (χ0v) is 17.0. The zero-order valence-electron chi connectivity index (χ0n) is 16.2. The third kappa shape index (κ3) is 3.59. The largest absolute Gasteiger partial charge is 0.469 e. The second-order valence-electron chi connectivity index (χ2n) is 8.06. The van der Waals surface area contributed by atoms with Gasteiger partial charge in [-0.1, -0.05) is 37.6 Å². The lowest BCUT2D eigenvalue weighted by atomic mass is 9.59. The number of aliphatic hydroxyl groups is 1. The van der Waals surface area contributed by atoms with Crippen LogP contribution in [0.25, 0.3) is 0 Å². The van der Waals surface area contributed by atoms with Crippen LogP contribution in [0.15, 0.2) is 46.4 Å². The molecule has 0 aliphatic heterocycles. The van der Waals surface area contributed by atoms with Gasteiger partial charge in [-0.15, -0.1) is 11.8 Å². The molecule has 0 saturated heterocycles. The fourth-order valence-corrected chi connectivity index (χ4v) is 6.13. The molecule has 0 aromatic heterocycles. The summed E-state index contributed by atoms with van der Waals surface area (Å²) in [6, 6.07) is 10.5. The van der Waals surface area contributed by atoms with Gasteiger partial charge in [0, 0.05) is 15.6 Å². The Labute approximate surface area is 161 Å². The average Bonchev–Trinajstić information content (AvgIpc) is 2.66. The molecule has 1 N–H and O–H groups in total. The number of allylic oxidation sites excluding steroid dienone is 1. The number of esters is 1. The van der Waals surface area contributed by atoms with Gasteiger partial charge in [-0.2, -0.15) is 0 Å². The predicted molar refractivity (Wildman–Crippen MR) is 106 cm³/mol. The van der Waals surface area contributed by atoms with Crippen LogP contribution < -0.4 is 0 Å². The first-order valence-corrected chi connectivity index (χ1v) is 10.4. The van der Waals surface area contributed by atoms with Crippen molar-refractivity contribution in [1.29, 1.82) is 0 Å². The van der Waals surface area contributed by atoms with Crippen LogP contribution in [0.4, 0.5) is 0 Å². The van der Waals surface area contributed by atoms with E-state index in [1.807, 2.05) is 24.8 Å². The number of hydrogen-bond donors (Lipinski definition) is 1. The molecule has 5 atom stereocenters. The molecule has 0 heterocycles. The lowest BCUT2D eigenvalue weighted by molar-refractivity contribution is -0.147. The SMILES string of the molecule is COC(=O)[C@@H](C)[C@@H]1CC[C@]2(C)C(=C(C)[C@@H](O)C[C@H]2Sc2ccccc2)C1. The van der Waals surface area contributed by atoms with Gasteiger partial charge in [-0.3, -0.25) is 4.79 Å². The Kier molecular flexibility index (Phi) is 5.83. The highest BCUT2D eigenvalue weighted by molar-refractivity contribution is 8.00. The summed E-state index contributed by atoms with van der Waals surface area (Å²) in [5, 5.41) is 11.1. The average molecular weight is 375 g/mol. The number of rotatable bonds is 4. The summed E-state index contributed by atoms with van der Waals surface area (Å²) >= 11 is 1.89. The summed E-state index contributed by atoms with van der Waals surface area (Å²) in [6.45, 7) is 6.41. The maximum atomic E-state index is 12.0. The molecule has 0 spiro atoms. The minimum Gasteiger partial charge on any atom is -0.469 e. The van der Waals surface area contributed by atoms with Crippen molar-refractivity contribution in [3.63, 3.8) is 0 Å². The van der Waals surface area contributed by atoms with Gasteiger partial charge in [0.25, 0.3) is 0 Å². The van der Waals surface area contributed by atoms with E-state index in [4.69, 9.17) is 4.74 Å². The molecular weight excluding hydrogens is 344 g/mol.